The SMILES string of the molecule is CCCCC(C)[C@@H](/C=C/[C@@H]1[C@H]2CC(C(CO)COCc3ccccc3)=C[C@H]2C[C@H]1OC1CCCCO1)OC1CCCCO1. The molecular formula is C37H56O6. The summed E-state index contributed by atoms with van der Waals surface area (Å²) in [6.07, 6.45) is 19.2. The highest BCUT2D eigenvalue weighted by Crippen LogP contribution is 2.50. The van der Waals surface area contributed by atoms with E-state index in [4.69, 9.17) is 23.7 Å². The van der Waals surface area contributed by atoms with Crippen molar-refractivity contribution in [2.24, 2.45) is 29.6 Å². The van der Waals surface area contributed by atoms with E-state index >= 15 is 0 Å². The summed E-state index contributed by atoms with van der Waals surface area (Å²) >= 11 is 0. The summed E-state index contributed by atoms with van der Waals surface area (Å²) in [5.41, 5.74) is 2.51. The van der Waals surface area contributed by atoms with Crippen LogP contribution in [-0.2, 0) is 30.3 Å². The third kappa shape index (κ3) is 9.48. The molecule has 0 spiro atoms. The van der Waals surface area contributed by atoms with Gasteiger partial charge in [-0.1, -0.05) is 80.8 Å². The first kappa shape index (κ1) is 32.8. The normalized spacial score (nSPS) is 31.6. The number of hydrogen-bond acceptors (Lipinski definition) is 6. The Labute approximate surface area is 260 Å². The summed E-state index contributed by atoms with van der Waals surface area (Å²) in [6.45, 7) is 7.40. The molecular weight excluding hydrogens is 540 g/mol. The Hall–Kier alpha value is -1.54. The van der Waals surface area contributed by atoms with Crippen LogP contribution in [0, 0.1) is 29.6 Å². The van der Waals surface area contributed by atoms with E-state index in [-0.39, 0.29) is 43.2 Å². The lowest BCUT2D eigenvalue weighted by atomic mass is 9.86. The van der Waals surface area contributed by atoms with Gasteiger partial charge in [-0.2, -0.15) is 0 Å². The molecule has 0 aromatic heterocycles. The molecule has 9 atom stereocenters. The maximum Gasteiger partial charge on any atom is 0.158 e. The third-order valence-electron chi connectivity index (χ3n) is 10.1. The van der Waals surface area contributed by atoms with Crippen LogP contribution in [0.3, 0.4) is 0 Å². The summed E-state index contributed by atoms with van der Waals surface area (Å²) in [5, 5.41) is 10.3. The second kappa shape index (κ2) is 17.2. The molecule has 0 bridgehead atoms. The number of unbranched alkanes of at least 4 members (excludes halogenated alkanes) is 1. The molecule has 5 rings (SSSR count). The van der Waals surface area contributed by atoms with Crippen LogP contribution in [0.5, 0.6) is 0 Å². The Morgan fingerprint density at radius 1 is 1.02 bits per heavy atom. The Morgan fingerprint density at radius 3 is 2.49 bits per heavy atom. The summed E-state index contributed by atoms with van der Waals surface area (Å²) < 4.78 is 31.4. The van der Waals surface area contributed by atoms with Gasteiger partial charge in [0.2, 0.25) is 0 Å². The Balaban J connectivity index is 1.27. The van der Waals surface area contributed by atoms with Gasteiger partial charge in [0.15, 0.2) is 12.6 Å². The largest absolute Gasteiger partial charge is 0.396 e. The number of aliphatic hydroxyl groups is 1. The molecule has 1 saturated carbocycles. The molecule has 6 heteroatoms. The van der Waals surface area contributed by atoms with E-state index in [1.165, 1.54) is 31.3 Å². The van der Waals surface area contributed by atoms with Crippen LogP contribution in [-0.4, -0.2) is 56.3 Å². The molecule has 1 N–H and O–H groups in total. The highest BCUT2D eigenvalue weighted by Gasteiger charge is 2.46. The van der Waals surface area contributed by atoms with Gasteiger partial charge >= 0.3 is 0 Å². The molecule has 0 radical (unpaired) electrons. The van der Waals surface area contributed by atoms with Gasteiger partial charge in [0.05, 0.1) is 32.0 Å². The lowest BCUT2D eigenvalue weighted by Crippen LogP contribution is -2.32. The molecule has 240 valence electrons. The van der Waals surface area contributed by atoms with Crippen molar-refractivity contribution in [1.82, 2.24) is 0 Å². The van der Waals surface area contributed by atoms with Gasteiger partial charge in [0, 0.05) is 25.0 Å². The second-order valence-electron chi connectivity index (χ2n) is 13.3. The van der Waals surface area contributed by atoms with E-state index in [0.717, 1.165) is 63.7 Å². The molecule has 0 amide bonds. The zero-order chi connectivity index (χ0) is 29.9. The molecule has 3 fully saturated rings. The maximum absolute atomic E-state index is 10.3. The first-order chi connectivity index (χ1) is 21.1. The van der Waals surface area contributed by atoms with Crippen LogP contribution in [0.15, 0.2) is 54.1 Å². The molecule has 43 heavy (non-hydrogen) atoms. The molecule has 2 aliphatic carbocycles. The lowest BCUT2D eigenvalue weighted by molar-refractivity contribution is -0.193. The monoisotopic (exact) mass is 596 g/mol. The molecule has 4 aliphatic rings. The zero-order valence-corrected chi connectivity index (χ0v) is 26.6. The van der Waals surface area contributed by atoms with Gasteiger partial charge in [0.25, 0.3) is 0 Å². The van der Waals surface area contributed by atoms with E-state index < -0.39 is 0 Å². The van der Waals surface area contributed by atoms with Crippen LogP contribution in [0.2, 0.25) is 0 Å². The number of benzene rings is 1. The summed E-state index contributed by atoms with van der Waals surface area (Å²) in [7, 11) is 0. The van der Waals surface area contributed by atoms with Crippen molar-refractivity contribution in [3.05, 3.63) is 59.7 Å². The van der Waals surface area contributed by atoms with Crippen molar-refractivity contribution in [3.8, 4) is 0 Å². The maximum atomic E-state index is 10.3. The molecule has 2 aliphatic heterocycles. The average molecular weight is 597 g/mol. The molecule has 2 heterocycles. The van der Waals surface area contributed by atoms with Gasteiger partial charge in [-0.3, -0.25) is 0 Å². The first-order valence-electron chi connectivity index (χ1n) is 17.3. The molecule has 1 aromatic carbocycles. The number of rotatable bonds is 16. The van der Waals surface area contributed by atoms with Gasteiger partial charge in [-0.05, 0) is 81.1 Å². The van der Waals surface area contributed by atoms with Gasteiger partial charge < -0.3 is 28.8 Å². The van der Waals surface area contributed by atoms with Gasteiger partial charge in [-0.15, -0.1) is 0 Å². The number of fused-ring (bicyclic) bond motifs is 1. The third-order valence-corrected chi connectivity index (χ3v) is 10.1. The van der Waals surface area contributed by atoms with E-state index in [0.29, 0.717) is 31.0 Å². The molecule has 1 aromatic rings. The summed E-state index contributed by atoms with van der Waals surface area (Å²) in [6, 6.07) is 10.3. The van der Waals surface area contributed by atoms with Crippen molar-refractivity contribution in [1.29, 1.82) is 0 Å². The number of ether oxygens (including phenoxy) is 5. The minimum Gasteiger partial charge on any atom is -0.396 e. The minimum absolute atomic E-state index is 0.0330. The second-order valence-corrected chi connectivity index (χ2v) is 13.3. The predicted octanol–water partition coefficient (Wildman–Crippen LogP) is 7.60. The topological polar surface area (TPSA) is 66.4 Å². The van der Waals surface area contributed by atoms with Gasteiger partial charge in [-0.25, -0.2) is 0 Å². The smallest absolute Gasteiger partial charge is 0.158 e. The Bertz CT molecular complexity index is 982. The fourth-order valence-corrected chi connectivity index (χ4v) is 7.45. The number of hydrogen-bond donors (Lipinski definition) is 1. The highest BCUT2D eigenvalue weighted by atomic mass is 16.7. The number of allylic oxidation sites excluding steroid dienone is 1. The van der Waals surface area contributed by atoms with Crippen molar-refractivity contribution >= 4 is 0 Å². The van der Waals surface area contributed by atoms with Crippen LogP contribution in [0.4, 0.5) is 0 Å². The van der Waals surface area contributed by atoms with Crippen LogP contribution < -0.4 is 0 Å². The van der Waals surface area contributed by atoms with Crippen molar-refractivity contribution in [3.63, 3.8) is 0 Å². The van der Waals surface area contributed by atoms with Crippen molar-refractivity contribution < 1.29 is 28.8 Å². The van der Waals surface area contributed by atoms with E-state index in [1.807, 2.05) is 18.2 Å². The van der Waals surface area contributed by atoms with E-state index in [1.54, 1.807) is 0 Å². The van der Waals surface area contributed by atoms with E-state index in [2.05, 4.69) is 44.2 Å². The lowest BCUT2D eigenvalue weighted by Gasteiger charge is -2.31. The van der Waals surface area contributed by atoms with Crippen LogP contribution in [0.25, 0.3) is 0 Å². The molecule has 6 nitrogen and oxygen atoms in total. The predicted molar refractivity (Wildman–Crippen MR) is 169 cm³/mol. The summed E-state index contributed by atoms with van der Waals surface area (Å²) in [5.74, 6) is 1.65. The minimum atomic E-state index is -0.104. The van der Waals surface area contributed by atoms with Crippen LogP contribution >= 0.6 is 0 Å². The van der Waals surface area contributed by atoms with Crippen molar-refractivity contribution in [2.75, 3.05) is 26.4 Å². The van der Waals surface area contributed by atoms with Crippen molar-refractivity contribution in [2.45, 2.75) is 116 Å². The zero-order valence-electron chi connectivity index (χ0n) is 26.6. The van der Waals surface area contributed by atoms with Gasteiger partial charge in [0.1, 0.15) is 0 Å². The fraction of sp³-hybridized carbons (Fsp3) is 0.730. The van der Waals surface area contributed by atoms with Crippen LogP contribution in [0.1, 0.15) is 90.0 Å². The highest BCUT2D eigenvalue weighted by molar-refractivity contribution is 5.23. The van der Waals surface area contributed by atoms with E-state index in [9.17, 15) is 5.11 Å². The Morgan fingerprint density at radius 2 is 1.79 bits per heavy atom. The number of aliphatic hydroxyl groups excluding tert-OH is 1. The Kier molecular flexibility index (Phi) is 13.2. The quantitative estimate of drug-likeness (QED) is 0.198. The summed E-state index contributed by atoms with van der Waals surface area (Å²) in [4.78, 5) is 0. The molecule has 2 saturated heterocycles. The average Bonchev–Trinajstić information content (AvgIpc) is 3.59. The standard InChI is InChI=1S/C37H56O6/c1-3-4-12-27(2)34(42-36-15-8-10-19-40-36)18-17-32-33-22-29(31(24-38)26-39-25-28-13-6-5-7-14-28)21-30(33)23-35(32)43-37-16-9-11-20-41-37/h5-7,13-14,17-18,21,27,30-38H,3-4,8-12,15-16,19-20,22-26H2,1-2H3/b18-17+/t27?,30-,31?,32+,33-,34+,35+,36?,37?/m0/s1. The fourth-order valence-electron chi connectivity index (χ4n) is 7.45. The molecule has 4 unspecified atom stereocenters. The first-order valence-corrected chi connectivity index (χ1v) is 17.3.